The fourth-order valence-electron chi connectivity index (χ4n) is 2.67. The summed E-state index contributed by atoms with van der Waals surface area (Å²) in [6.45, 7) is -0.147. The van der Waals surface area contributed by atoms with Gasteiger partial charge in [0.1, 0.15) is 5.56 Å². The Labute approximate surface area is 185 Å². The van der Waals surface area contributed by atoms with Crippen molar-refractivity contribution in [3.63, 3.8) is 0 Å². The van der Waals surface area contributed by atoms with Crippen LogP contribution in [0.4, 0.5) is 10.5 Å². The van der Waals surface area contributed by atoms with Crippen LogP contribution in [-0.4, -0.2) is 40.0 Å². The van der Waals surface area contributed by atoms with Crippen LogP contribution in [0.2, 0.25) is 10.0 Å². The molecule has 0 bridgehead atoms. The van der Waals surface area contributed by atoms with Crippen molar-refractivity contribution in [2.75, 3.05) is 13.1 Å². The molecule has 0 atom stereocenters. The van der Waals surface area contributed by atoms with Gasteiger partial charge in [-0.3, -0.25) is 29.4 Å². The predicted molar refractivity (Wildman–Crippen MR) is 115 cm³/mol. The van der Waals surface area contributed by atoms with E-state index in [0.29, 0.717) is 10.6 Å². The molecule has 0 spiro atoms. The normalized spacial score (nSPS) is 15.0. The summed E-state index contributed by atoms with van der Waals surface area (Å²) in [5.41, 5.74) is 0.0639. The molecule has 0 radical (unpaired) electrons. The van der Waals surface area contributed by atoms with E-state index in [-0.39, 0.29) is 34.3 Å². The fourth-order valence-corrected chi connectivity index (χ4v) is 3.89. The maximum absolute atomic E-state index is 12.5. The van der Waals surface area contributed by atoms with Crippen LogP contribution in [0.3, 0.4) is 0 Å². The lowest BCUT2D eigenvalue weighted by Crippen LogP contribution is -2.37. The lowest BCUT2D eigenvalue weighted by atomic mass is 10.1. The van der Waals surface area contributed by atoms with Crippen LogP contribution in [0.15, 0.2) is 47.4 Å². The third kappa shape index (κ3) is 4.64. The number of benzene rings is 2. The number of carbonyl (C=O) groups excluding carboxylic acids is 3. The van der Waals surface area contributed by atoms with Crippen molar-refractivity contribution in [3.05, 3.63) is 78.7 Å². The summed E-state index contributed by atoms with van der Waals surface area (Å²) in [5, 5.41) is 13.6. The minimum absolute atomic E-state index is 0.0614. The summed E-state index contributed by atoms with van der Waals surface area (Å²) >= 11 is 12.8. The second-order valence-electron chi connectivity index (χ2n) is 6.01. The Morgan fingerprint density at radius 1 is 1.17 bits per heavy atom. The lowest BCUT2D eigenvalue weighted by Gasteiger charge is -2.13. The highest BCUT2D eigenvalue weighted by atomic mass is 35.5. The van der Waals surface area contributed by atoms with E-state index >= 15 is 0 Å². The van der Waals surface area contributed by atoms with Crippen LogP contribution in [0.25, 0.3) is 6.08 Å². The Bertz CT molecular complexity index is 1090. The molecule has 1 aliphatic heterocycles. The van der Waals surface area contributed by atoms with E-state index in [1.54, 1.807) is 18.2 Å². The molecule has 11 heteroatoms. The number of para-hydroxylation sites is 1. The highest BCUT2D eigenvalue weighted by Crippen LogP contribution is 2.34. The van der Waals surface area contributed by atoms with Crippen LogP contribution < -0.4 is 5.32 Å². The molecule has 2 aromatic carbocycles. The average molecular weight is 466 g/mol. The van der Waals surface area contributed by atoms with Gasteiger partial charge in [-0.05, 0) is 35.5 Å². The number of hydrogen-bond donors (Lipinski definition) is 1. The number of amides is 3. The fraction of sp³-hybridized carbons (Fsp3) is 0.105. The van der Waals surface area contributed by atoms with Crippen LogP contribution in [-0.2, 0) is 4.79 Å². The van der Waals surface area contributed by atoms with E-state index in [4.69, 9.17) is 23.2 Å². The van der Waals surface area contributed by atoms with Gasteiger partial charge in [0.05, 0.1) is 19.9 Å². The smallest absolute Gasteiger partial charge is 0.293 e. The van der Waals surface area contributed by atoms with Crippen LogP contribution in [0.1, 0.15) is 15.9 Å². The first-order valence-corrected chi connectivity index (χ1v) is 10.1. The molecule has 0 aromatic heterocycles. The van der Waals surface area contributed by atoms with E-state index in [1.807, 2.05) is 0 Å². The molecule has 1 N–H and O–H groups in total. The summed E-state index contributed by atoms with van der Waals surface area (Å²) < 4.78 is 0. The minimum Gasteiger partial charge on any atom is -0.350 e. The number of halogens is 2. The largest absolute Gasteiger partial charge is 0.350 e. The van der Waals surface area contributed by atoms with Gasteiger partial charge in [-0.1, -0.05) is 47.5 Å². The number of nitrogens with zero attached hydrogens (tertiary/aromatic N) is 2. The Hall–Kier alpha value is -2.88. The molecule has 1 saturated heterocycles. The molecule has 0 saturated carbocycles. The molecule has 30 heavy (non-hydrogen) atoms. The van der Waals surface area contributed by atoms with E-state index in [1.165, 1.54) is 30.3 Å². The first-order valence-electron chi connectivity index (χ1n) is 8.50. The summed E-state index contributed by atoms with van der Waals surface area (Å²) in [4.78, 5) is 48.5. The Balaban J connectivity index is 1.65. The minimum atomic E-state index is -0.671. The number of hydrogen-bond acceptors (Lipinski definition) is 6. The van der Waals surface area contributed by atoms with Crippen LogP contribution in [0.5, 0.6) is 0 Å². The maximum atomic E-state index is 12.5. The lowest BCUT2D eigenvalue weighted by molar-refractivity contribution is -0.385. The molecular formula is C19H13Cl2N3O5S. The zero-order valence-corrected chi connectivity index (χ0v) is 17.5. The second-order valence-corrected chi connectivity index (χ2v) is 7.78. The first-order chi connectivity index (χ1) is 14.3. The van der Waals surface area contributed by atoms with E-state index < -0.39 is 22.0 Å². The number of nitrogens with one attached hydrogen (secondary N) is 1. The molecule has 3 amide bonds. The van der Waals surface area contributed by atoms with Gasteiger partial charge in [-0.2, -0.15) is 0 Å². The topological polar surface area (TPSA) is 110 Å². The summed E-state index contributed by atoms with van der Waals surface area (Å²) in [7, 11) is 0. The summed E-state index contributed by atoms with van der Waals surface area (Å²) in [6.07, 6.45) is 1.48. The Morgan fingerprint density at radius 3 is 2.63 bits per heavy atom. The van der Waals surface area contributed by atoms with E-state index in [0.717, 1.165) is 16.7 Å². The summed E-state index contributed by atoms with van der Waals surface area (Å²) in [5.74, 6) is -1.20. The molecule has 0 unspecified atom stereocenters. The molecule has 3 rings (SSSR count). The van der Waals surface area contributed by atoms with Gasteiger partial charge < -0.3 is 5.32 Å². The van der Waals surface area contributed by atoms with Gasteiger partial charge in [0, 0.05) is 19.2 Å². The third-order valence-corrected chi connectivity index (χ3v) is 5.85. The van der Waals surface area contributed by atoms with Crippen molar-refractivity contribution < 1.29 is 19.3 Å². The molecular weight excluding hydrogens is 453 g/mol. The summed E-state index contributed by atoms with van der Waals surface area (Å²) in [6, 6.07) is 10.4. The molecule has 2 aromatic rings. The van der Waals surface area contributed by atoms with Gasteiger partial charge in [0.25, 0.3) is 22.7 Å². The van der Waals surface area contributed by atoms with Crippen molar-refractivity contribution in [2.24, 2.45) is 0 Å². The van der Waals surface area contributed by atoms with Crippen molar-refractivity contribution in [2.45, 2.75) is 0 Å². The molecule has 0 aliphatic carbocycles. The highest BCUT2D eigenvalue weighted by Gasteiger charge is 2.35. The average Bonchev–Trinajstić information content (AvgIpc) is 2.98. The van der Waals surface area contributed by atoms with Crippen LogP contribution >= 0.6 is 35.0 Å². The maximum Gasteiger partial charge on any atom is 0.293 e. The van der Waals surface area contributed by atoms with Crippen LogP contribution in [0, 0.1) is 10.1 Å². The Morgan fingerprint density at radius 2 is 1.90 bits per heavy atom. The zero-order chi connectivity index (χ0) is 21.8. The SMILES string of the molecule is O=C(NCCN1C(=O)S/C(=C\c2cccc(Cl)c2Cl)C1=O)c1ccccc1[N+](=O)[O-]. The van der Waals surface area contributed by atoms with Gasteiger partial charge in [0.2, 0.25) is 0 Å². The number of nitro benzene ring substituents is 1. The Kier molecular flexibility index (Phi) is 6.76. The molecule has 8 nitrogen and oxygen atoms in total. The number of imide groups is 1. The highest BCUT2D eigenvalue weighted by molar-refractivity contribution is 8.18. The van der Waals surface area contributed by atoms with Crippen molar-refractivity contribution >= 4 is 63.8 Å². The monoisotopic (exact) mass is 465 g/mol. The standard InChI is InChI=1S/C19H13Cl2N3O5S/c20-13-6-3-4-11(16(13)21)10-15-18(26)23(19(27)30-15)9-8-22-17(25)12-5-1-2-7-14(12)24(28)29/h1-7,10H,8-9H2,(H,22,25)/b15-10-. The molecule has 1 heterocycles. The van der Waals surface area contributed by atoms with Gasteiger partial charge in [0.15, 0.2) is 0 Å². The first kappa shape index (κ1) is 21.8. The number of rotatable bonds is 6. The molecule has 1 fully saturated rings. The predicted octanol–water partition coefficient (Wildman–Crippen LogP) is 4.37. The second kappa shape index (κ2) is 9.29. The molecule has 1 aliphatic rings. The van der Waals surface area contributed by atoms with Crippen molar-refractivity contribution in [3.8, 4) is 0 Å². The zero-order valence-electron chi connectivity index (χ0n) is 15.1. The number of carbonyl (C=O) groups is 3. The quantitative estimate of drug-likeness (QED) is 0.385. The van der Waals surface area contributed by atoms with E-state index in [9.17, 15) is 24.5 Å². The number of nitro groups is 1. The number of thioether (sulfide) groups is 1. The van der Waals surface area contributed by atoms with E-state index in [2.05, 4.69) is 5.32 Å². The van der Waals surface area contributed by atoms with Crippen molar-refractivity contribution in [1.82, 2.24) is 10.2 Å². The molecule has 154 valence electrons. The third-order valence-electron chi connectivity index (χ3n) is 4.11. The van der Waals surface area contributed by atoms with Gasteiger partial charge in [-0.25, -0.2) is 0 Å². The van der Waals surface area contributed by atoms with Gasteiger partial charge in [-0.15, -0.1) is 0 Å². The van der Waals surface area contributed by atoms with Crippen molar-refractivity contribution in [1.29, 1.82) is 0 Å². The van der Waals surface area contributed by atoms with Gasteiger partial charge >= 0.3 is 0 Å².